The zero-order valence-corrected chi connectivity index (χ0v) is 11.3. The van der Waals surface area contributed by atoms with E-state index in [9.17, 15) is 9.59 Å². The molecule has 17 heavy (non-hydrogen) atoms. The van der Waals surface area contributed by atoms with Gasteiger partial charge in [-0.3, -0.25) is 9.59 Å². The zero-order chi connectivity index (χ0) is 13.2. The minimum absolute atomic E-state index is 0.00309. The summed E-state index contributed by atoms with van der Waals surface area (Å²) in [5, 5.41) is 0. The van der Waals surface area contributed by atoms with E-state index in [0.29, 0.717) is 17.6 Å². The molecule has 0 aromatic rings. The lowest BCUT2D eigenvalue weighted by molar-refractivity contribution is -0.118. The Morgan fingerprint density at radius 3 is 2.35 bits per heavy atom. The standard InChI is InChI=1S/C14H21NO2/c1-10(9-16)6-11-12(15(4)5)7-14(2,3)8-13(11)17/h6,9H,7-8H2,1-5H3/b10-6-. The van der Waals surface area contributed by atoms with Crippen molar-refractivity contribution in [3.05, 3.63) is 22.9 Å². The lowest BCUT2D eigenvalue weighted by atomic mass is 9.75. The van der Waals surface area contributed by atoms with Crippen LogP contribution in [0.3, 0.4) is 0 Å². The van der Waals surface area contributed by atoms with Crippen molar-refractivity contribution in [2.24, 2.45) is 5.41 Å². The van der Waals surface area contributed by atoms with E-state index >= 15 is 0 Å². The number of hydrogen-bond acceptors (Lipinski definition) is 3. The normalized spacial score (nSPS) is 20.5. The molecule has 0 aromatic heterocycles. The van der Waals surface area contributed by atoms with E-state index in [4.69, 9.17) is 0 Å². The molecule has 0 saturated carbocycles. The highest BCUT2D eigenvalue weighted by atomic mass is 16.1. The molecule has 0 atom stereocenters. The summed E-state index contributed by atoms with van der Waals surface area (Å²) in [4.78, 5) is 24.8. The number of nitrogens with zero attached hydrogens (tertiary/aromatic N) is 1. The summed E-state index contributed by atoms with van der Waals surface area (Å²) in [6, 6.07) is 0. The summed E-state index contributed by atoms with van der Waals surface area (Å²) < 4.78 is 0. The monoisotopic (exact) mass is 235 g/mol. The number of carbonyl (C=O) groups is 2. The Balaban J connectivity index is 3.26. The maximum absolute atomic E-state index is 12.1. The molecule has 1 aliphatic rings. The van der Waals surface area contributed by atoms with Crippen molar-refractivity contribution in [3.8, 4) is 0 Å². The van der Waals surface area contributed by atoms with E-state index in [2.05, 4.69) is 13.8 Å². The van der Waals surface area contributed by atoms with Crippen LogP contribution < -0.4 is 0 Å². The van der Waals surface area contributed by atoms with Crippen LogP contribution >= 0.6 is 0 Å². The molecule has 0 fully saturated rings. The molecule has 1 aliphatic carbocycles. The van der Waals surface area contributed by atoms with Crippen LogP contribution in [-0.4, -0.2) is 31.1 Å². The maximum Gasteiger partial charge on any atom is 0.165 e. The van der Waals surface area contributed by atoms with E-state index in [1.165, 1.54) is 0 Å². The van der Waals surface area contributed by atoms with E-state index in [1.54, 1.807) is 13.0 Å². The molecule has 0 aliphatic heterocycles. The number of ketones is 1. The first-order valence-electron chi connectivity index (χ1n) is 5.84. The first kappa shape index (κ1) is 13.7. The molecule has 0 spiro atoms. The molecule has 0 heterocycles. The Labute approximate surface area is 103 Å². The average Bonchev–Trinajstić information content (AvgIpc) is 2.20. The van der Waals surface area contributed by atoms with Gasteiger partial charge in [0.15, 0.2) is 5.78 Å². The second kappa shape index (κ2) is 4.86. The predicted molar refractivity (Wildman–Crippen MR) is 68.6 cm³/mol. The number of carbonyl (C=O) groups excluding carboxylic acids is 2. The third kappa shape index (κ3) is 3.29. The Bertz CT molecular complexity index is 400. The van der Waals surface area contributed by atoms with Crippen LogP contribution in [-0.2, 0) is 9.59 Å². The quantitative estimate of drug-likeness (QED) is 0.556. The second-order valence-corrected chi connectivity index (χ2v) is 5.70. The second-order valence-electron chi connectivity index (χ2n) is 5.70. The summed E-state index contributed by atoms with van der Waals surface area (Å²) in [5.41, 5.74) is 2.31. The molecule has 0 bridgehead atoms. The van der Waals surface area contributed by atoms with Crippen molar-refractivity contribution in [3.63, 3.8) is 0 Å². The van der Waals surface area contributed by atoms with E-state index in [1.807, 2.05) is 19.0 Å². The highest BCUT2D eigenvalue weighted by Gasteiger charge is 2.32. The van der Waals surface area contributed by atoms with Crippen molar-refractivity contribution >= 4 is 12.1 Å². The number of hydrogen-bond donors (Lipinski definition) is 0. The molecule has 1 rings (SSSR count). The van der Waals surface area contributed by atoms with E-state index < -0.39 is 0 Å². The summed E-state index contributed by atoms with van der Waals surface area (Å²) in [6.07, 6.45) is 3.90. The fourth-order valence-corrected chi connectivity index (χ4v) is 2.13. The van der Waals surface area contributed by atoms with Crippen molar-refractivity contribution in [1.82, 2.24) is 4.90 Å². The molecule has 0 amide bonds. The van der Waals surface area contributed by atoms with Gasteiger partial charge in [-0.15, -0.1) is 0 Å². The van der Waals surface area contributed by atoms with E-state index in [0.717, 1.165) is 18.4 Å². The van der Waals surface area contributed by atoms with Gasteiger partial charge >= 0.3 is 0 Å². The third-order valence-electron chi connectivity index (χ3n) is 2.99. The first-order chi connectivity index (χ1) is 7.76. The van der Waals surface area contributed by atoms with Crippen LogP contribution in [0.2, 0.25) is 0 Å². The minimum Gasteiger partial charge on any atom is -0.380 e. The van der Waals surface area contributed by atoms with Gasteiger partial charge in [0.05, 0.1) is 0 Å². The van der Waals surface area contributed by atoms with Gasteiger partial charge in [0.2, 0.25) is 0 Å². The smallest absolute Gasteiger partial charge is 0.165 e. The zero-order valence-electron chi connectivity index (χ0n) is 11.3. The minimum atomic E-state index is 0.00309. The fraction of sp³-hybridized carbons (Fsp3) is 0.571. The van der Waals surface area contributed by atoms with Gasteiger partial charge in [-0.25, -0.2) is 0 Å². The molecule has 94 valence electrons. The Hall–Kier alpha value is -1.38. The Morgan fingerprint density at radius 2 is 1.88 bits per heavy atom. The van der Waals surface area contributed by atoms with Crippen LogP contribution in [0.4, 0.5) is 0 Å². The number of rotatable bonds is 3. The van der Waals surface area contributed by atoms with Gasteiger partial charge in [0, 0.05) is 31.8 Å². The largest absolute Gasteiger partial charge is 0.380 e. The number of allylic oxidation sites excluding steroid dienone is 4. The van der Waals surface area contributed by atoms with Gasteiger partial charge in [-0.05, 0) is 30.4 Å². The van der Waals surface area contributed by atoms with Gasteiger partial charge in [0.25, 0.3) is 0 Å². The highest BCUT2D eigenvalue weighted by Crippen LogP contribution is 2.38. The summed E-state index contributed by atoms with van der Waals surface area (Å²) in [5.74, 6) is 0.131. The molecular formula is C14H21NO2. The lowest BCUT2D eigenvalue weighted by Gasteiger charge is -2.34. The van der Waals surface area contributed by atoms with Gasteiger partial charge in [0.1, 0.15) is 6.29 Å². The highest BCUT2D eigenvalue weighted by molar-refractivity contribution is 6.01. The van der Waals surface area contributed by atoms with Crippen molar-refractivity contribution in [1.29, 1.82) is 0 Å². The first-order valence-corrected chi connectivity index (χ1v) is 5.84. The SMILES string of the molecule is C/C(C=O)=C/C1=C(N(C)C)CC(C)(C)CC1=O. The Morgan fingerprint density at radius 1 is 1.29 bits per heavy atom. The van der Waals surface area contributed by atoms with Crippen LogP contribution in [0.15, 0.2) is 22.9 Å². The molecular weight excluding hydrogens is 214 g/mol. The summed E-state index contributed by atoms with van der Waals surface area (Å²) >= 11 is 0. The summed E-state index contributed by atoms with van der Waals surface area (Å²) in [7, 11) is 3.88. The van der Waals surface area contributed by atoms with Crippen molar-refractivity contribution in [2.75, 3.05) is 14.1 Å². The molecule has 0 N–H and O–H groups in total. The molecule has 3 nitrogen and oxygen atoms in total. The molecule has 0 aromatic carbocycles. The molecule has 0 unspecified atom stereocenters. The number of aldehydes is 1. The van der Waals surface area contributed by atoms with Crippen molar-refractivity contribution in [2.45, 2.75) is 33.6 Å². The third-order valence-corrected chi connectivity index (χ3v) is 2.99. The van der Waals surface area contributed by atoms with E-state index in [-0.39, 0.29) is 11.2 Å². The molecule has 0 radical (unpaired) electrons. The molecule has 3 heteroatoms. The van der Waals surface area contributed by atoms with Crippen LogP contribution in [0.5, 0.6) is 0 Å². The van der Waals surface area contributed by atoms with Crippen LogP contribution in [0, 0.1) is 5.41 Å². The number of Topliss-reactive ketones (excluding diaryl/α,β-unsaturated/α-hetero) is 1. The fourth-order valence-electron chi connectivity index (χ4n) is 2.13. The predicted octanol–water partition coefficient (Wildman–Crippen LogP) is 2.34. The topological polar surface area (TPSA) is 37.4 Å². The summed E-state index contributed by atoms with van der Waals surface area (Å²) in [6.45, 7) is 5.92. The van der Waals surface area contributed by atoms with Crippen LogP contribution in [0.25, 0.3) is 0 Å². The lowest BCUT2D eigenvalue weighted by Crippen LogP contribution is -2.30. The van der Waals surface area contributed by atoms with Gasteiger partial charge < -0.3 is 4.90 Å². The van der Waals surface area contributed by atoms with Gasteiger partial charge in [-0.1, -0.05) is 13.8 Å². The molecule has 0 saturated heterocycles. The maximum atomic E-state index is 12.1. The van der Waals surface area contributed by atoms with Gasteiger partial charge in [-0.2, -0.15) is 0 Å². The Kier molecular flexibility index (Phi) is 3.91. The van der Waals surface area contributed by atoms with Crippen molar-refractivity contribution < 1.29 is 9.59 Å². The van der Waals surface area contributed by atoms with Crippen LogP contribution in [0.1, 0.15) is 33.6 Å². The average molecular weight is 235 g/mol.